The van der Waals surface area contributed by atoms with Gasteiger partial charge in [-0.15, -0.1) is 0 Å². The highest BCUT2D eigenvalue weighted by molar-refractivity contribution is 8.76. The van der Waals surface area contributed by atoms with Crippen molar-refractivity contribution in [1.29, 1.82) is 0 Å². The van der Waals surface area contributed by atoms with Crippen molar-refractivity contribution in [3.05, 3.63) is 48.6 Å². The van der Waals surface area contributed by atoms with Gasteiger partial charge >= 0.3 is 5.97 Å². The maximum Gasteiger partial charge on any atom is 0.305 e. The zero-order valence-electron chi connectivity index (χ0n) is 55.5. The number of hydrogen-bond donors (Lipinski definition) is 4. The second-order valence-corrected chi connectivity index (χ2v) is 27.6. The number of unbranched alkanes of at least 4 members (excludes halogenated alkanes) is 25. The second kappa shape index (κ2) is 63.4. The molecule has 0 aromatic carbocycles. The molecule has 0 spiro atoms. The Labute approximate surface area is 528 Å². The van der Waals surface area contributed by atoms with E-state index >= 15 is 0 Å². The average Bonchev–Trinajstić information content (AvgIpc) is 3.51. The summed E-state index contributed by atoms with van der Waals surface area (Å²) in [5.74, 6) is 2.06. The molecule has 0 amide bonds. The third-order valence-electron chi connectivity index (χ3n) is 16.7. The first kappa shape index (κ1) is 80.8. The summed E-state index contributed by atoms with van der Waals surface area (Å²) in [5.41, 5.74) is 0. The van der Waals surface area contributed by atoms with Crippen LogP contribution in [0, 0.1) is 0 Å². The van der Waals surface area contributed by atoms with Crippen LogP contribution in [0.2, 0.25) is 0 Å². The highest BCUT2D eigenvalue weighted by atomic mass is 33.1. The minimum atomic E-state index is -0.411. The Balaban J connectivity index is 2.40. The van der Waals surface area contributed by atoms with Gasteiger partial charge in [0.15, 0.2) is 0 Å². The predicted octanol–water partition coefficient (Wildman–Crippen LogP) is 17.5. The fourth-order valence-corrected chi connectivity index (χ4v) is 13.4. The SMILES string of the molecule is CCCCC/C=C\C/C=C\CCCCCCC(O)CN(CCCCC(=O)OCCN1CCN(CCSSCCCN(CC(O)CCCCCCCC)CC(O)CCCCCCCC)CC1)CC(O)CCCCCC/C=C\C/C=C\CCCCC. The summed E-state index contributed by atoms with van der Waals surface area (Å²) in [7, 11) is 3.93. The van der Waals surface area contributed by atoms with Crippen LogP contribution < -0.4 is 0 Å². The van der Waals surface area contributed by atoms with Gasteiger partial charge < -0.3 is 25.2 Å². The monoisotopic (exact) mass is 1220 g/mol. The molecule has 0 aliphatic carbocycles. The van der Waals surface area contributed by atoms with Crippen molar-refractivity contribution in [3.8, 4) is 0 Å². The van der Waals surface area contributed by atoms with Crippen molar-refractivity contribution in [2.75, 3.05) is 96.6 Å². The number of piperazine rings is 1. The highest BCUT2D eigenvalue weighted by Gasteiger charge is 2.20. The van der Waals surface area contributed by atoms with Gasteiger partial charge in [0.25, 0.3) is 0 Å². The lowest BCUT2D eigenvalue weighted by Gasteiger charge is -2.34. The molecule has 0 radical (unpaired) electrons. The molecule has 4 unspecified atom stereocenters. The Morgan fingerprint density at radius 3 is 1.15 bits per heavy atom. The van der Waals surface area contributed by atoms with Crippen LogP contribution >= 0.6 is 21.6 Å². The first-order chi connectivity index (χ1) is 41.2. The Bertz CT molecular complexity index is 1420. The van der Waals surface area contributed by atoms with Gasteiger partial charge in [0, 0.05) is 83.4 Å². The van der Waals surface area contributed by atoms with E-state index in [9.17, 15) is 25.2 Å². The number of nitrogens with zero attached hydrogens (tertiary/aromatic N) is 4. The van der Waals surface area contributed by atoms with E-state index in [0.29, 0.717) is 39.2 Å². The van der Waals surface area contributed by atoms with Gasteiger partial charge in [-0.1, -0.05) is 239 Å². The normalized spacial score (nSPS) is 15.4. The predicted molar refractivity (Wildman–Crippen MR) is 370 cm³/mol. The Kier molecular flexibility index (Phi) is 61.0. The number of carbonyl (C=O) groups excluding carboxylic acids is 1. The van der Waals surface area contributed by atoms with Crippen LogP contribution in [0.1, 0.15) is 285 Å². The van der Waals surface area contributed by atoms with Gasteiger partial charge in [0.1, 0.15) is 6.61 Å². The molecule has 0 aromatic rings. The van der Waals surface area contributed by atoms with E-state index in [1.807, 2.05) is 21.6 Å². The van der Waals surface area contributed by atoms with Gasteiger partial charge in [0.2, 0.25) is 0 Å². The lowest BCUT2D eigenvalue weighted by atomic mass is 10.1. The molecule has 4 atom stereocenters. The quantitative estimate of drug-likeness (QED) is 0.0201. The minimum absolute atomic E-state index is 0.125. The first-order valence-electron chi connectivity index (χ1n) is 35.8. The van der Waals surface area contributed by atoms with Gasteiger partial charge in [0.05, 0.1) is 24.4 Å². The number of carbonyl (C=O) groups is 1. The van der Waals surface area contributed by atoms with Crippen molar-refractivity contribution in [2.24, 2.45) is 0 Å². The fraction of sp³-hybridized carbons (Fsp3) is 0.875. The molecular formula is C72H138N4O6S2. The summed E-state index contributed by atoms with van der Waals surface area (Å²) in [4.78, 5) is 22.4. The number of aliphatic hydroxyl groups is 4. The zero-order chi connectivity index (χ0) is 60.9. The summed E-state index contributed by atoms with van der Waals surface area (Å²) in [6.07, 6.45) is 61.8. The van der Waals surface area contributed by atoms with Crippen LogP contribution in [-0.4, -0.2) is 167 Å². The molecule has 1 fully saturated rings. The zero-order valence-corrected chi connectivity index (χ0v) is 57.2. The second-order valence-electron chi connectivity index (χ2n) is 24.9. The Hall–Kier alpha value is -1.19. The molecule has 4 N–H and O–H groups in total. The molecule has 1 aliphatic heterocycles. The van der Waals surface area contributed by atoms with Crippen LogP contribution in [0.25, 0.3) is 0 Å². The molecule has 0 saturated carbocycles. The first-order valence-corrected chi connectivity index (χ1v) is 38.3. The van der Waals surface area contributed by atoms with Crippen LogP contribution in [0.3, 0.4) is 0 Å². The highest BCUT2D eigenvalue weighted by Crippen LogP contribution is 2.23. The topological polar surface area (TPSA) is 120 Å². The van der Waals surface area contributed by atoms with Crippen LogP contribution in [0.4, 0.5) is 0 Å². The lowest BCUT2D eigenvalue weighted by molar-refractivity contribution is -0.144. The van der Waals surface area contributed by atoms with E-state index in [1.165, 1.54) is 141 Å². The lowest BCUT2D eigenvalue weighted by Crippen LogP contribution is -2.47. The molecule has 0 bridgehead atoms. The van der Waals surface area contributed by atoms with E-state index in [1.54, 1.807) is 0 Å². The van der Waals surface area contributed by atoms with Crippen LogP contribution in [0.5, 0.6) is 0 Å². The van der Waals surface area contributed by atoms with Crippen LogP contribution in [-0.2, 0) is 9.53 Å². The van der Waals surface area contributed by atoms with E-state index in [-0.39, 0.29) is 18.2 Å². The third-order valence-corrected chi connectivity index (χ3v) is 19.1. The number of rotatable bonds is 64. The molecule has 1 heterocycles. The third kappa shape index (κ3) is 56.1. The molecule has 0 aromatic heterocycles. The Morgan fingerprint density at radius 1 is 0.405 bits per heavy atom. The number of aliphatic hydroxyl groups excluding tert-OH is 4. The van der Waals surface area contributed by atoms with Gasteiger partial charge in [-0.2, -0.15) is 0 Å². The molecule has 494 valence electrons. The summed E-state index contributed by atoms with van der Waals surface area (Å²) in [6, 6.07) is 0. The number of hydrogen-bond acceptors (Lipinski definition) is 12. The maximum absolute atomic E-state index is 12.8. The minimum Gasteiger partial charge on any atom is -0.464 e. The van der Waals surface area contributed by atoms with E-state index in [0.717, 1.165) is 173 Å². The van der Waals surface area contributed by atoms with Crippen molar-refractivity contribution in [3.63, 3.8) is 0 Å². The average molecular weight is 1220 g/mol. The summed E-state index contributed by atoms with van der Waals surface area (Å²) in [5, 5.41) is 44.2. The Morgan fingerprint density at radius 2 is 0.738 bits per heavy atom. The molecule has 10 nitrogen and oxygen atoms in total. The fourth-order valence-electron chi connectivity index (χ4n) is 11.3. The molecule has 84 heavy (non-hydrogen) atoms. The number of allylic oxidation sites excluding steroid dienone is 8. The van der Waals surface area contributed by atoms with Crippen molar-refractivity contribution < 1.29 is 30.0 Å². The molecule has 1 rings (SSSR count). The maximum atomic E-state index is 12.8. The van der Waals surface area contributed by atoms with E-state index < -0.39 is 12.2 Å². The summed E-state index contributed by atoms with van der Waals surface area (Å²) in [6.45, 7) is 19.6. The molecular weight excluding hydrogens is 1080 g/mol. The summed E-state index contributed by atoms with van der Waals surface area (Å²) >= 11 is 0. The molecule has 12 heteroatoms. The smallest absolute Gasteiger partial charge is 0.305 e. The standard InChI is InChI=1S/C72H138N4O6S2/c1-5-9-13-17-21-23-25-27-29-31-33-35-39-43-50-68(77)64-75(65-69(78)51-44-40-36-34-32-30-28-26-24-22-18-14-10-6-2)53-46-45-52-72(81)82-61-59-73-55-57-74(58-56-73)60-63-84-83-62-47-54-76(66-70(79)48-41-37-19-15-11-7-3)67-71(80)49-42-38-20-16-12-8-4/h21-24,27-30,68-71,77-80H,5-20,25-26,31-67H2,1-4H3/b23-21-,24-22-,29-27-,30-28-. The van der Waals surface area contributed by atoms with Gasteiger partial charge in [-0.05, 0) is 122 Å². The molecule has 1 saturated heterocycles. The number of esters is 1. The summed E-state index contributed by atoms with van der Waals surface area (Å²) < 4.78 is 5.73. The van der Waals surface area contributed by atoms with E-state index in [2.05, 4.69) is 95.9 Å². The van der Waals surface area contributed by atoms with Crippen molar-refractivity contribution in [1.82, 2.24) is 19.6 Å². The van der Waals surface area contributed by atoms with Gasteiger partial charge in [-0.25, -0.2) is 0 Å². The van der Waals surface area contributed by atoms with Crippen LogP contribution in [0.15, 0.2) is 48.6 Å². The van der Waals surface area contributed by atoms with Gasteiger partial charge in [-0.3, -0.25) is 24.4 Å². The molecule has 1 aliphatic rings. The van der Waals surface area contributed by atoms with Crippen molar-refractivity contribution >= 4 is 27.6 Å². The van der Waals surface area contributed by atoms with E-state index in [4.69, 9.17) is 4.74 Å². The largest absolute Gasteiger partial charge is 0.464 e. The number of ether oxygens (including phenoxy) is 1. The van der Waals surface area contributed by atoms with Crippen molar-refractivity contribution in [2.45, 2.75) is 309 Å².